The second kappa shape index (κ2) is 4.94. The van der Waals surface area contributed by atoms with Gasteiger partial charge in [-0.2, -0.15) is 13.2 Å². The van der Waals surface area contributed by atoms with Crippen LogP contribution in [0.4, 0.5) is 18.9 Å². The summed E-state index contributed by atoms with van der Waals surface area (Å²) in [5.74, 6) is -1.79. The van der Waals surface area contributed by atoms with Crippen LogP contribution < -0.4 is 4.90 Å². The summed E-state index contributed by atoms with van der Waals surface area (Å²) in [5.41, 5.74) is 0.849. The average Bonchev–Trinajstić information content (AvgIpc) is 2.62. The van der Waals surface area contributed by atoms with E-state index in [1.54, 1.807) is 6.92 Å². The number of alkyl halides is 3. The monoisotopic (exact) mass is 303 g/mol. The molecule has 3 nitrogen and oxygen atoms in total. The summed E-state index contributed by atoms with van der Waals surface area (Å²) in [6.07, 6.45) is -4.56. The van der Waals surface area contributed by atoms with Gasteiger partial charge < -0.3 is 4.90 Å². The Morgan fingerprint density at radius 2 is 2.00 bits per heavy atom. The predicted molar refractivity (Wildman–Crippen MR) is 67.7 cm³/mol. The molecule has 2 rings (SSSR count). The first-order chi connectivity index (χ1) is 9.25. The molecule has 0 bridgehead atoms. The Balaban J connectivity index is 2.47. The largest absolute Gasteiger partial charge is 0.416 e. The van der Waals surface area contributed by atoms with Crippen LogP contribution in [-0.2, 0) is 11.0 Å². The number of Topliss-reactive ketones (excluding diaryl/α,β-unsaturated/α-hetero) is 1. The van der Waals surface area contributed by atoms with E-state index in [1.807, 2.05) is 0 Å². The maximum Gasteiger partial charge on any atom is 0.416 e. The van der Waals surface area contributed by atoms with Crippen LogP contribution in [0.5, 0.6) is 0 Å². The molecule has 106 valence electrons. The number of hydrogen-bond donors (Lipinski definition) is 0. The fourth-order valence-electron chi connectivity index (χ4n) is 1.92. The number of rotatable bonds is 2. The van der Waals surface area contributed by atoms with Crippen molar-refractivity contribution in [1.82, 2.24) is 0 Å². The number of nitrogens with zero attached hydrogens (tertiary/aromatic N) is 1. The summed E-state index contributed by atoms with van der Waals surface area (Å²) in [6, 6.07) is 2.68. The van der Waals surface area contributed by atoms with Crippen LogP contribution >= 0.6 is 11.6 Å². The number of benzene rings is 1. The highest BCUT2D eigenvalue weighted by Crippen LogP contribution is 2.36. The number of anilines is 1. The second-order valence-electron chi connectivity index (χ2n) is 4.41. The molecule has 0 fully saturated rings. The van der Waals surface area contributed by atoms with E-state index in [2.05, 4.69) is 0 Å². The van der Waals surface area contributed by atoms with Crippen molar-refractivity contribution >= 4 is 29.0 Å². The molecule has 0 unspecified atom stereocenters. The third-order valence-electron chi connectivity index (χ3n) is 2.89. The van der Waals surface area contributed by atoms with E-state index < -0.39 is 23.4 Å². The fourth-order valence-corrected chi connectivity index (χ4v) is 1.99. The summed E-state index contributed by atoms with van der Waals surface area (Å²) in [4.78, 5) is 24.7. The van der Waals surface area contributed by atoms with Gasteiger partial charge in [-0.1, -0.05) is 11.6 Å². The van der Waals surface area contributed by atoms with Gasteiger partial charge >= 0.3 is 6.18 Å². The molecule has 20 heavy (non-hydrogen) atoms. The van der Waals surface area contributed by atoms with Crippen LogP contribution in [-0.4, -0.2) is 18.2 Å². The minimum Gasteiger partial charge on any atom is -0.301 e. The van der Waals surface area contributed by atoms with Crippen molar-refractivity contribution in [3.8, 4) is 0 Å². The molecule has 0 aliphatic carbocycles. The topological polar surface area (TPSA) is 37.4 Å². The highest BCUT2D eigenvalue weighted by atomic mass is 35.5. The van der Waals surface area contributed by atoms with Crippen molar-refractivity contribution in [2.24, 2.45) is 0 Å². The Kier molecular flexibility index (Phi) is 3.60. The number of halogens is 4. The molecule has 0 atom stereocenters. The van der Waals surface area contributed by atoms with E-state index in [9.17, 15) is 22.8 Å². The Morgan fingerprint density at radius 1 is 1.35 bits per heavy atom. The van der Waals surface area contributed by atoms with Gasteiger partial charge in [0.1, 0.15) is 0 Å². The molecule has 1 aliphatic heterocycles. The number of ketones is 1. The molecule has 0 N–H and O–H groups in total. The molecule has 1 amide bonds. The van der Waals surface area contributed by atoms with Crippen molar-refractivity contribution in [1.29, 1.82) is 0 Å². The molecule has 0 aromatic heterocycles. The second-order valence-corrected chi connectivity index (χ2v) is 4.62. The maximum absolute atomic E-state index is 12.6. The predicted octanol–water partition coefficient (Wildman–Crippen LogP) is 3.38. The maximum atomic E-state index is 12.6. The van der Waals surface area contributed by atoms with Crippen LogP contribution in [0.15, 0.2) is 29.3 Å². The summed E-state index contributed by atoms with van der Waals surface area (Å²) < 4.78 is 37.8. The minimum atomic E-state index is -4.56. The fraction of sp³-hybridized carbons (Fsp3) is 0.231. The Morgan fingerprint density at radius 3 is 2.55 bits per heavy atom. The van der Waals surface area contributed by atoms with Gasteiger partial charge in [-0.25, -0.2) is 0 Å². The quantitative estimate of drug-likeness (QED) is 0.786. The molecule has 1 aromatic carbocycles. The van der Waals surface area contributed by atoms with Gasteiger partial charge in [0, 0.05) is 12.1 Å². The van der Waals surface area contributed by atoms with E-state index in [1.165, 1.54) is 5.54 Å². The molecular weight excluding hydrogens is 295 g/mol. The molecule has 0 saturated heterocycles. The van der Waals surface area contributed by atoms with Gasteiger partial charge in [-0.3, -0.25) is 9.59 Å². The molecule has 0 radical (unpaired) electrons. The number of carbonyl (C=O) groups is 2. The van der Waals surface area contributed by atoms with E-state index in [0.717, 1.165) is 17.0 Å². The smallest absolute Gasteiger partial charge is 0.301 e. The molecular formula is C13H9ClF3NO2. The van der Waals surface area contributed by atoms with Crippen molar-refractivity contribution < 1.29 is 22.8 Å². The van der Waals surface area contributed by atoms with Gasteiger partial charge in [0.2, 0.25) is 0 Å². The molecule has 7 heteroatoms. The Bertz CT molecular complexity index is 623. The third kappa shape index (κ3) is 2.43. The summed E-state index contributed by atoms with van der Waals surface area (Å²) in [7, 11) is 0. The number of carbonyl (C=O) groups excluding carboxylic acids is 2. The molecule has 0 saturated carbocycles. The lowest BCUT2D eigenvalue weighted by Gasteiger charge is -2.17. The van der Waals surface area contributed by atoms with Crippen molar-refractivity contribution in [3.63, 3.8) is 0 Å². The zero-order valence-electron chi connectivity index (χ0n) is 10.3. The van der Waals surface area contributed by atoms with Crippen molar-refractivity contribution in [2.45, 2.75) is 13.1 Å². The van der Waals surface area contributed by atoms with Gasteiger partial charge in [0.25, 0.3) is 11.7 Å². The van der Waals surface area contributed by atoms with Gasteiger partial charge in [0.15, 0.2) is 0 Å². The van der Waals surface area contributed by atoms with Crippen LogP contribution in [0.2, 0.25) is 0 Å². The lowest BCUT2D eigenvalue weighted by atomic mass is 10.1. The first-order valence-electron chi connectivity index (χ1n) is 5.59. The molecule has 0 spiro atoms. The minimum absolute atomic E-state index is 0.0619. The summed E-state index contributed by atoms with van der Waals surface area (Å²) >= 11 is 5.49. The Labute approximate surface area is 117 Å². The molecule has 1 heterocycles. The van der Waals surface area contributed by atoms with E-state index in [-0.39, 0.29) is 17.8 Å². The summed E-state index contributed by atoms with van der Waals surface area (Å²) in [6.45, 7) is 1.71. The summed E-state index contributed by atoms with van der Waals surface area (Å²) in [5, 5.41) is 0. The normalized spacial score (nSPS) is 15.8. The van der Waals surface area contributed by atoms with Gasteiger partial charge in [-0.15, -0.1) is 0 Å². The van der Waals surface area contributed by atoms with E-state index in [0.29, 0.717) is 11.6 Å². The van der Waals surface area contributed by atoms with Gasteiger partial charge in [-0.05, 0) is 30.7 Å². The van der Waals surface area contributed by atoms with Crippen LogP contribution in [0.1, 0.15) is 22.8 Å². The molecule has 1 aliphatic rings. The highest BCUT2D eigenvalue weighted by Gasteiger charge is 2.39. The Hall–Kier alpha value is -1.82. The zero-order valence-corrected chi connectivity index (χ0v) is 11.0. The van der Waals surface area contributed by atoms with Crippen LogP contribution in [0.25, 0.3) is 0 Å². The SMILES string of the molecule is C/C(=C/Cl)CN1C(=O)C(=O)c2cc(C(F)(F)F)ccc21. The lowest BCUT2D eigenvalue weighted by molar-refractivity contribution is -0.137. The van der Waals surface area contributed by atoms with Crippen molar-refractivity contribution in [3.05, 3.63) is 40.4 Å². The third-order valence-corrected chi connectivity index (χ3v) is 3.26. The lowest BCUT2D eigenvalue weighted by Crippen LogP contribution is -2.31. The van der Waals surface area contributed by atoms with Gasteiger partial charge in [0.05, 0.1) is 16.8 Å². The number of amides is 1. The highest BCUT2D eigenvalue weighted by molar-refractivity contribution is 6.52. The van der Waals surface area contributed by atoms with Crippen LogP contribution in [0, 0.1) is 0 Å². The number of hydrogen-bond acceptors (Lipinski definition) is 2. The van der Waals surface area contributed by atoms with Crippen molar-refractivity contribution in [2.75, 3.05) is 11.4 Å². The zero-order chi connectivity index (χ0) is 15.1. The number of fused-ring (bicyclic) bond motifs is 1. The average molecular weight is 304 g/mol. The first kappa shape index (κ1) is 14.6. The molecule has 1 aromatic rings. The van der Waals surface area contributed by atoms with Crippen LogP contribution in [0.3, 0.4) is 0 Å². The standard InChI is InChI=1S/C13H9ClF3NO2/c1-7(5-14)6-18-10-3-2-8(13(15,16)17)4-9(10)11(19)12(18)20/h2-5H,6H2,1H3/b7-5-. The first-order valence-corrected chi connectivity index (χ1v) is 6.02. The van der Waals surface area contributed by atoms with E-state index in [4.69, 9.17) is 11.6 Å². The van der Waals surface area contributed by atoms with E-state index >= 15 is 0 Å².